The standard InChI is InChI=1S/C27H36N2O5/c1-4-25(27(31)28-21-8-6-5-7-9-21)29(18-20-10-12-22(32-2)13-11-20)26(30)19-34-24-16-14-23(33-3)15-17-24/h10-17,21,25H,4-9,18-19H2,1-3H3,(H,28,31). The van der Waals surface area contributed by atoms with Crippen LogP contribution in [0.1, 0.15) is 51.0 Å². The average Bonchev–Trinajstić information content (AvgIpc) is 2.88. The van der Waals surface area contributed by atoms with Crippen LogP contribution in [0.15, 0.2) is 48.5 Å². The van der Waals surface area contributed by atoms with Gasteiger partial charge in [0.1, 0.15) is 23.3 Å². The lowest BCUT2D eigenvalue weighted by atomic mass is 9.95. The highest BCUT2D eigenvalue weighted by Crippen LogP contribution is 2.21. The molecule has 1 aliphatic carbocycles. The summed E-state index contributed by atoms with van der Waals surface area (Å²) >= 11 is 0. The van der Waals surface area contributed by atoms with Crippen molar-refractivity contribution in [3.05, 3.63) is 54.1 Å². The van der Waals surface area contributed by atoms with Crippen molar-refractivity contribution in [3.63, 3.8) is 0 Å². The first-order valence-corrected chi connectivity index (χ1v) is 12.0. The lowest BCUT2D eigenvalue weighted by Gasteiger charge is -2.32. The second kappa shape index (κ2) is 12.9. The number of amides is 2. The maximum Gasteiger partial charge on any atom is 0.261 e. The van der Waals surface area contributed by atoms with Crippen molar-refractivity contribution < 1.29 is 23.8 Å². The first kappa shape index (κ1) is 25.4. The number of nitrogens with zero attached hydrogens (tertiary/aromatic N) is 1. The lowest BCUT2D eigenvalue weighted by Crippen LogP contribution is -2.52. The van der Waals surface area contributed by atoms with Gasteiger partial charge >= 0.3 is 0 Å². The van der Waals surface area contributed by atoms with Gasteiger partial charge in [-0.3, -0.25) is 9.59 Å². The number of methoxy groups -OCH3 is 2. The molecule has 0 saturated heterocycles. The van der Waals surface area contributed by atoms with Crippen molar-refractivity contribution in [2.75, 3.05) is 20.8 Å². The molecule has 0 aliphatic heterocycles. The predicted molar refractivity (Wildman–Crippen MR) is 131 cm³/mol. The fourth-order valence-electron chi connectivity index (χ4n) is 4.29. The molecule has 3 rings (SSSR count). The Morgan fingerprint density at radius 2 is 1.47 bits per heavy atom. The van der Waals surface area contributed by atoms with E-state index in [-0.39, 0.29) is 24.5 Å². The van der Waals surface area contributed by atoms with Gasteiger partial charge in [0.05, 0.1) is 14.2 Å². The van der Waals surface area contributed by atoms with E-state index in [0.29, 0.717) is 24.5 Å². The number of ether oxygens (including phenoxy) is 3. The molecule has 2 aromatic carbocycles. The first-order valence-electron chi connectivity index (χ1n) is 12.0. The van der Waals surface area contributed by atoms with Crippen LogP contribution in [-0.4, -0.2) is 49.6 Å². The van der Waals surface area contributed by atoms with Gasteiger partial charge < -0.3 is 24.4 Å². The number of hydrogen-bond acceptors (Lipinski definition) is 5. The van der Waals surface area contributed by atoms with Crippen LogP contribution in [-0.2, 0) is 16.1 Å². The van der Waals surface area contributed by atoms with Gasteiger partial charge in [0.15, 0.2) is 6.61 Å². The van der Waals surface area contributed by atoms with Crippen molar-refractivity contribution in [2.24, 2.45) is 0 Å². The molecular formula is C27H36N2O5. The Bertz CT molecular complexity index is 908. The van der Waals surface area contributed by atoms with Crippen LogP contribution in [0.3, 0.4) is 0 Å². The summed E-state index contributed by atoms with van der Waals surface area (Å²) in [5.41, 5.74) is 0.919. The molecule has 1 unspecified atom stereocenters. The molecule has 2 aromatic rings. The van der Waals surface area contributed by atoms with Crippen molar-refractivity contribution in [1.29, 1.82) is 0 Å². The van der Waals surface area contributed by atoms with Crippen LogP contribution >= 0.6 is 0 Å². The predicted octanol–water partition coefficient (Wildman–Crippen LogP) is 4.34. The minimum Gasteiger partial charge on any atom is -0.497 e. The van der Waals surface area contributed by atoms with Crippen LogP contribution < -0.4 is 19.5 Å². The molecule has 0 heterocycles. The van der Waals surface area contributed by atoms with Crippen LogP contribution in [0.25, 0.3) is 0 Å². The Balaban J connectivity index is 1.73. The van der Waals surface area contributed by atoms with Crippen LogP contribution in [0, 0.1) is 0 Å². The van der Waals surface area contributed by atoms with Gasteiger partial charge in [-0.1, -0.05) is 38.3 Å². The lowest BCUT2D eigenvalue weighted by molar-refractivity contribution is -0.143. The normalized spacial score (nSPS) is 14.7. The summed E-state index contributed by atoms with van der Waals surface area (Å²) in [6.45, 7) is 2.09. The quantitative estimate of drug-likeness (QED) is 0.531. The summed E-state index contributed by atoms with van der Waals surface area (Å²) in [5.74, 6) is 1.69. The summed E-state index contributed by atoms with van der Waals surface area (Å²) in [6.07, 6.45) is 5.99. The van der Waals surface area contributed by atoms with Crippen LogP contribution in [0.4, 0.5) is 0 Å². The maximum atomic E-state index is 13.3. The molecule has 34 heavy (non-hydrogen) atoms. The highest BCUT2D eigenvalue weighted by Gasteiger charge is 2.30. The van der Waals surface area contributed by atoms with E-state index in [1.54, 1.807) is 43.4 Å². The number of rotatable bonds is 11. The van der Waals surface area contributed by atoms with Crippen molar-refractivity contribution >= 4 is 11.8 Å². The van der Waals surface area contributed by atoms with E-state index in [9.17, 15) is 9.59 Å². The van der Waals surface area contributed by atoms with Crippen molar-refractivity contribution in [1.82, 2.24) is 10.2 Å². The number of carbonyl (C=O) groups excluding carboxylic acids is 2. The minimum absolute atomic E-state index is 0.0966. The summed E-state index contributed by atoms with van der Waals surface area (Å²) in [7, 11) is 3.21. The fourth-order valence-corrected chi connectivity index (χ4v) is 4.29. The monoisotopic (exact) mass is 468 g/mol. The third-order valence-corrected chi connectivity index (χ3v) is 6.27. The Labute approximate surface area is 202 Å². The van der Waals surface area contributed by atoms with Gasteiger partial charge in [0.2, 0.25) is 5.91 Å². The molecule has 2 amide bonds. The molecule has 7 heteroatoms. The molecule has 1 N–H and O–H groups in total. The van der Waals surface area contributed by atoms with E-state index in [4.69, 9.17) is 14.2 Å². The topological polar surface area (TPSA) is 77.1 Å². The highest BCUT2D eigenvalue weighted by molar-refractivity contribution is 5.88. The minimum atomic E-state index is -0.573. The summed E-state index contributed by atoms with van der Waals surface area (Å²) in [6, 6.07) is 14.2. The summed E-state index contributed by atoms with van der Waals surface area (Å²) < 4.78 is 16.2. The van der Waals surface area contributed by atoms with Crippen LogP contribution in [0.5, 0.6) is 17.2 Å². The molecule has 0 spiro atoms. The zero-order chi connectivity index (χ0) is 24.3. The highest BCUT2D eigenvalue weighted by atomic mass is 16.5. The van der Waals surface area contributed by atoms with E-state index in [1.165, 1.54) is 6.42 Å². The summed E-state index contributed by atoms with van der Waals surface area (Å²) in [4.78, 5) is 28.2. The third-order valence-electron chi connectivity index (χ3n) is 6.27. The molecule has 0 radical (unpaired) electrons. The molecule has 184 valence electrons. The third kappa shape index (κ3) is 7.14. The van der Waals surface area contributed by atoms with Crippen molar-refractivity contribution in [3.8, 4) is 17.2 Å². The van der Waals surface area contributed by atoms with Gasteiger partial charge in [0.25, 0.3) is 5.91 Å². The molecule has 0 aromatic heterocycles. The zero-order valence-corrected chi connectivity index (χ0v) is 20.4. The second-order valence-electron chi connectivity index (χ2n) is 8.60. The SMILES string of the molecule is CCC(C(=O)NC1CCCCC1)N(Cc1ccc(OC)cc1)C(=O)COc1ccc(OC)cc1. The Morgan fingerprint density at radius 3 is 2.03 bits per heavy atom. The number of hydrogen-bond donors (Lipinski definition) is 1. The van der Waals surface area contributed by atoms with Gasteiger partial charge in [0, 0.05) is 12.6 Å². The van der Waals surface area contributed by atoms with Crippen molar-refractivity contribution in [2.45, 2.75) is 64.1 Å². The smallest absolute Gasteiger partial charge is 0.261 e. The van der Waals surface area contributed by atoms with Crippen LogP contribution in [0.2, 0.25) is 0 Å². The number of carbonyl (C=O) groups is 2. The van der Waals surface area contributed by atoms with Gasteiger partial charge in [-0.25, -0.2) is 0 Å². The molecule has 7 nitrogen and oxygen atoms in total. The van der Waals surface area contributed by atoms with E-state index in [0.717, 1.165) is 37.0 Å². The molecule has 1 atom stereocenters. The summed E-state index contributed by atoms with van der Waals surface area (Å²) in [5, 5.41) is 3.19. The Morgan fingerprint density at radius 1 is 0.912 bits per heavy atom. The van der Waals surface area contributed by atoms with Gasteiger partial charge in [-0.2, -0.15) is 0 Å². The van der Waals surface area contributed by atoms with E-state index >= 15 is 0 Å². The molecule has 1 aliphatic rings. The van der Waals surface area contributed by atoms with Gasteiger partial charge in [-0.15, -0.1) is 0 Å². The Hall–Kier alpha value is -3.22. The maximum absolute atomic E-state index is 13.3. The van der Waals surface area contributed by atoms with E-state index in [2.05, 4.69) is 5.32 Å². The fraction of sp³-hybridized carbons (Fsp3) is 0.481. The Kier molecular flexibility index (Phi) is 9.62. The largest absolute Gasteiger partial charge is 0.497 e. The molecule has 1 fully saturated rings. The molecular weight excluding hydrogens is 432 g/mol. The molecule has 0 bridgehead atoms. The average molecular weight is 469 g/mol. The number of nitrogens with one attached hydrogen (secondary N) is 1. The first-order chi connectivity index (χ1) is 16.5. The second-order valence-corrected chi connectivity index (χ2v) is 8.60. The number of benzene rings is 2. The van der Waals surface area contributed by atoms with Gasteiger partial charge in [-0.05, 0) is 61.2 Å². The van der Waals surface area contributed by atoms with E-state index < -0.39 is 6.04 Å². The van der Waals surface area contributed by atoms with E-state index in [1.807, 2.05) is 31.2 Å². The molecule has 1 saturated carbocycles. The zero-order valence-electron chi connectivity index (χ0n) is 20.4.